The van der Waals surface area contributed by atoms with Crippen molar-refractivity contribution in [2.75, 3.05) is 11.9 Å². The summed E-state index contributed by atoms with van der Waals surface area (Å²) in [4.78, 5) is 12.6. The summed E-state index contributed by atoms with van der Waals surface area (Å²) in [6, 6.07) is 18.9. The number of aliphatic hydroxyl groups excluding tert-OH is 1. The first-order valence-electron chi connectivity index (χ1n) is 8.46. The van der Waals surface area contributed by atoms with Crippen LogP contribution in [0.4, 0.5) is 5.69 Å². The smallest absolute Gasteiger partial charge is 0.292 e. The van der Waals surface area contributed by atoms with Gasteiger partial charge in [0.1, 0.15) is 5.02 Å². The molecule has 0 fully saturated rings. The van der Waals surface area contributed by atoms with Gasteiger partial charge in [-0.05, 0) is 30.5 Å². The van der Waals surface area contributed by atoms with E-state index in [0.29, 0.717) is 24.2 Å². The molecule has 1 unspecified atom stereocenters. The van der Waals surface area contributed by atoms with Crippen molar-refractivity contribution in [1.82, 2.24) is 9.78 Å². The molecule has 2 aromatic carbocycles. The number of aliphatic hydroxyl groups is 1. The zero-order chi connectivity index (χ0) is 18.4. The van der Waals surface area contributed by atoms with Crippen LogP contribution in [0.25, 0.3) is 5.69 Å². The summed E-state index contributed by atoms with van der Waals surface area (Å²) >= 11 is 6.33. The highest BCUT2D eigenvalue weighted by Gasteiger charge is 2.16. The maximum absolute atomic E-state index is 12.6. The Morgan fingerprint density at radius 1 is 1.08 bits per heavy atom. The molecule has 6 heteroatoms. The summed E-state index contributed by atoms with van der Waals surface area (Å²) < 4.78 is 1.28. The molecule has 5 nitrogen and oxygen atoms in total. The van der Waals surface area contributed by atoms with Crippen LogP contribution in [0.5, 0.6) is 0 Å². The number of aromatic nitrogens is 2. The summed E-state index contributed by atoms with van der Waals surface area (Å²) in [5.41, 5.74) is 1.82. The number of rotatable bonds is 7. The lowest BCUT2D eigenvalue weighted by Gasteiger charge is -2.21. The first-order valence-corrected chi connectivity index (χ1v) is 8.84. The number of nitrogens with one attached hydrogen (secondary N) is 1. The Hall–Kier alpha value is -2.63. The van der Waals surface area contributed by atoms with Crippen LogP contribution < -0.4 is 10.9 Å². The van der Waals surface area contributed by atoms with Gasteiger partial charge in [-0.1, -0.05) is 60.1 Å². The van der Waals surface area contributed by atoms with Crippen LogP contribution in [0.3, 0.4) is 0 Å². The summed E-state index contributed by atoms with van der Waals surface area (Å²) in [5, 5.41) is 16.8. The molecule has 3 aromatic rings. The molecule has 0 saturated heterocycles. The normalized spacial score (nSPS) is 11.9. The maximum atomic E-state index is 12.6. The molecule has 134 valence electrons. The SMILES string of the molecule is O=c1c(Cl)c(NC(CCCO)c2ccccc2)cnn1-c1ccccc1. The molecule has 0 spiro atoms. The molecule has 1 heterocycles. The number of halogens is 1. The highest BCUT2D eigenvalue weighted by molar-refractivity contribution is 6.33. The molecule has 0 radical (unpaired) electrons. The highest BCUT2D eigenvalue weighted by Crippen LogP contribution is 2.26. The number of nitrogens with zero attached hydrogens (tertiary/aromatic N) is 2. The van der Waals surface area contributed by atoms with Crippen LogP contribution >= 0.6 is 11.6 Å². The summed E-state index contributed by atoms with van der Waals surface area (Å²) in [6.45, 7) is 0.104. The number of para-hydroxylation sites is 1. The van der Waals surface area contributed by atoms with Gasteiger partial charge in [-0.2, -0.15) is 9.78 Å². The van der Waals surface area contributed by atoms with E-state index in [-0.39, 0.29) is 23.2 Å². The fourth-order valence-corrected chi connectivity index (χ4v) is 2.96. The van der Waals surface area contributed by atoms with E-state index in [4.69, 9.17) is 16.7 Å². The third kappa shape index (κ3) is 4.12. The number of hydrogen-bond donors (Lipinski definition) is 2. The van der Waals surface area contributed by atoms with Crippen LogP contribution in [-0.2, 0) is 0 Å². The van der Waals surface area contributed by atoms with E-state index < -0.39 is 0 Å². The van der Waals surface area contributed by atoms with Gasteiger partial charge in [-0.25, -0.2) is 0 Å². The van der Waals surface area contributed by atoms with Crippen molar-refractivity contribution in [2.24, 2.45) is 0 Å². The fraction of sp³-hybridized carbons (Fsp3) is 0.200. The average Bonchev–Trinajstić information content (AvgIpc) is 2.69. The molecule has 0 aliphatic carbocycles. The number of benzene rings is 2. The van der Waals surface area contributed by atoms with Crippen LogP contribution in [0.15, 0.2) is 71.7 Å². The van der Waals surface area contributed by atoms with Gasteiger partial charge in [0.2, 0.25) is 0 Å². The Morgan fingerprint density at radius 2 is 1.73 bits per heavy atom. The molecular formula is C20H20ClN3O2. The Kier molecular flexibility index (Phi) is 6.04. The maximum Gasteiger partial charge on any atom is 0.292 e. The van der Waals surface area contributed by atoms with E-state index in [2.05, 4.69) is 10.4 Å². The lowest BCUT2D eigenvalue weighted by Crippen LogP contribution is -2.23. The second-order valence-electron chi connectivity index (χ2n) is 5.90. The second-order valence-corrected chi connectivity index (χ2v) is 6.28. The minimum Gasteiger partial charge on any atom is -0.396 e. The summed E-state index contributed by atoms with van der Waals surface area (Å²) in [6.07, 6.45) is 2.91. The minimum absolute atomic E-state index is 0.0744. The van der Waals surface area contributed by atoms with E-state index in [1.807, 2.05) is 48.5 Å². The van der Waals surface area contributed by atoms with Crippen LogP contribution in [0.2, 0.25) is 5.02 Å². The second kappa shape index (κ2) is 8.65. The van der Waals surface area contributed by atoms with Crippen molar-refractivity contribution in [2.45, 2.75) is 18.9 Å². The Balaban J connectivity index is 1.91. The van der Waals surface area contributed by atoms with Crippen molar-refractivity contribution in [3.8, 4) is 5.69 Å². The topological polar surface area (TPSA) is 67.2 Å². The molecule has 3 rings (SSSR count). The molecule has 0 amide bonds. The van der Waals surface area contributed by atoms with Gasteiger partial charge in [-0.15, -0.1) is 0 Å². The fourth-order valence-electron chi connectivity index (χ4n) is 2.78. The molecule has 1 aromatic heterocycles. The molecular weight excluding hydrogens is 350 g/mol. The molecule has 0 aliphatic heterocycles. The van der Waals surface area contributed by atoms with Crippen LogP contribution in [-0.4, -0.2) is 21.5 Å². The first-order chi connectivity index (χ1) is 12.7. The molecule has 1 atom stereocenters. The molecule has 2 N–H and O–H groups in total. The highest BCUT2D eigenvalue weighted by atomic mass is 35.5. The number of anilines is 1. The van der Waals surface area contributed by atoms with E-state index in [1.165, 1.54) is 4.68 Å². The Bertz CT molecular complexity index is 898. The van der Waals surface area contributed by atoms with Crippen molar-refractivity contribution < 1.29 is 5.11 Å². The van der Waals surface area contributed by atoms with Gasteiger partial charge in [0.15, 0.2) is 0 Å². The quantitative estimate of drug-likeness (QED) is 0.664. The Morgan fingerprint density at radius 3 is 2.38 bits per heavy atom. The lowest BCUT2D eigenvalue weighted by molar-refractivity contribution is 0.281. The average molecular weight is 370 g/mol. The third-order valence-electron chi connectivity index (χ3n) is 4.10. The molecule has 0 bridgehead atoms. The third-order valence-corrected chi connectivity index (χ3v) is 4.47. The van der Waals surface area contributed by atoms with E-state index in [1.54, 1.807) is 18.3 Å². The van der Waals surface area contributed by atoms with Crippen molar-refractivity contribution in [3.05, 3.63) is 87.8 Å². The van der Waals surface area contributed by atoms with Crippen molar-refractivity contribution in [1.29, 1.82) is 0 Å². The monoisotopic (exact) mass is 369 g/mol. The zero-order valence-electron chi connectivity index (χ0n) is 14.2. The largest absolute Gasteiger partial charge is 0.396 e. The minimum atomic E-state index is -0.378. The van der Waals surface area contributed by atoms with E-state index in [0.717, 1.165) is 5.56 Å². The van der Waals surface area contributed by atoms with Gasteiger partial charge in [0, 0.05) is 6.61 Å². The lowest BCUT2D eigenvalue weighted by atomic mass is 10.0. The first kappa shape index (κ1) is 18.2. The standard InChI is InChI=1S/C20H20ClN3O2/c21-19-18(14-22-24(20(19)26)16-10-5-2-6-11-16)23-17(12-7-13-25)15-8-3-1-4-9-15/h1-6,8-11,14,17,23,25H,7,12-13H2. The van der Waals surface area contributed by atoms with Crippen molar-refractivity contribution >= 4 is 17.3 Å². The van der Waals surface area contributed by atoms with Gasteiger partial charge < -0.3 is 10.4 Å². The van der Waals surface area contributed by atoms with Gasteiger partial charge in [0.25, 0.3) is 5.56 Å². The van der Waals surface area contributed by atoms with E-state index >= 15 is 0 Å². The van der Waals surface area contributed by atoms with E-state index in [9.17, 15) is 4.79 Å². The molecule has 0 aliphatic rings. The zero-order valence-corrected chi connectivity index (χ0v) is 14.9. The van der Waals surface area contributed by atoms with Crippen LogP contribution in [0.1, 0.15) is 24.4 Å². The van der Waals surface area contributed by atoms with Gasteiger partial charge in [-0.3, -0.25) is 4.79 Å². The molecule has 0 saturated carbocycles. The number of hydrogen-bond acceptors (Lipinski definition) is 4. The van der Waals surface area contributed by atoms with Crippen LogP contribution in [0, 0.1) is 0 Å². The Labute approximate surface area is 156 Å². The van der Waals surface area contributed by atoms with Gasteiger partial charge >= 0.3 is 0 Å². The van der Waals surface area contributed by atoms with Gasteiger partial charge in [0.05, 0.1) is 23.6 Å². The van der Waals surface area contributed by atoms with Crippen molar-refractivity contribution in [3.63, 3.8) is 0 Å². The predicted octanol–water partition coefficient (Wildman–Crippen LogP) is 3.81. The predicted molar refractivity (Wildman–Crippen MR) is 104 cm³/mol. The molecule has 26 heavy (non-hydrogen) atoms. The summed E-state index contributed by atoms with van der Waals surface area (Å²) in [7, 11) is 0. The summed E-state index contributed by atoms with van der Waals surface area (Å²) in [5.74, 6) is 0.